The molecule has 514 valence electrons. The predicted octanol–water partition coefficient (Wildman–Crippen LogP) is 8.62. The number of carbonyl (C=O) groups excluding carboxylic acids is 8. The number of ketones is 2. The van der Waals surface area contributed by atoms with Gasteiger partial charge in [0.2, 0.25) is 0 Å². The molecular formula is C62H80N6O24S2. The van der Waals surface area contributed by atoms with Crippen molar-refractivity contribution < 1.29 is 103 Å². The lowest BCUT2D eigenvalue weighted by atomic mass is 10.1. The van der Waals surface area contributed by atoms with Gasteiger partial charge in [0.15, 0.2) is 12.1 Å². The molecule has 4 aromatic rings. The van der Waals surface area contributed by atoms with E-state index in [2.05, 4.69) is 0 Å². The van der Waals surface area contributed by atoms with Crippen molar-refractivity contribution in [2.24, 2.45) is 0 Å². The highest BCUT2D eigenvalue weighted by molar-refractivity contribution is 7.87. The summed E-state index contributed by atoms with van der Waals surface area (Å²) in [6.45, 7) is 15.8. The zero-order valence-electron chi connectivity index (χ0n) is 54.8. The zero-order valence-corrected chi connectivity index (χ0v) is 56.4. The normalized spacial score (nSPS) is 12.8. The molecule has 0 heterocycles. The maximum absolute atomic E-state index is 15.1. The molecule has 30 nitrogen and oxygen atoms in total. The van der Waals surface area contributed by atoms with Crippen LogP contribution < -0.4 is 9.47 Å². The summed E-state index contributed by atoms with van der Waals surface area (Å²) in [7, 11) is -10.5. The Morgan fingerprint density at radius 2 is 0.723 bits per heavy atom. The molecule has 0 bridgehead atoms. The number of esters is 4. The molecule has 0 radical (unpaired) electrons. The van der Waals surface area contributed by atoms with Crippen molar-refractivity contribution in [3.8, 4) is 11.5 Å². The van der Waals surface area contributed by atoms with E-state index in [0.29, 0.717) is 0 Å². The van der Waals surface area contributed by atoms with Gasteiger partial charge in [-0.1, -0.05) is 24.3 Å². The number of rotatable bonds is 31. The summed E-state index contributed by atoms with van der Waals surface area (Å²) in [6, 6.07) is 15.8. The van der Waals surface area contributed by atoms with E-state index < -0.39 is 165 Å². The summed E-state index contributed by atoms with van der Waals surface area (Å²) in [5.74, 6) is -5.73. The lowest BCUT2D eigenvalue weighted by Gasteiger charge is -2.36. The molecule has 32 heteroatoms. The minimum atomic E-state index is -5.27. The van der Waals surface area contributed by atoms with Gasteiger partial charge in [-0.3, -0.25) is 29.8 Å². The zero-order chi connectivity index (χ0) is 70.9. The van der Waals surface area contributed by atoms with Crippen molar-refractivity contribution in [3.63, 3.8) is 0 Å². The number of non-ortho nitro benzene ring substituents is 2. The monoisotopic (exact) mass is 1360 g/mol. The molecule has 0 saturated heterocycles. The van der Waals surface area contributed by atoms with Gasteiger partial charge in [-0.15, -0.1) is 0 Å². The van der Waals surface area contributed by atoms with E-state index in [4.69, 9.17) is 37.9 Å². The van der Waals surface area contributed by atoms with Crippen molar-refractivity contribution in [1.82, 2.24) is 17.2 Å². The number of hydrogen-bond acceptors (Lipinski definition) is 24. The molecule has 0 saturated carbocycles. The van der Waals surface area contributed by atoms with E-state index in [1.165, 1.54) is 156 Å². The Morgan fingerprint density at radius 1 is 0.436 bits per heavy atom. The van der Waals surface area contributed by atoms with E-state index in [0.717, 1.165) is 46.7 Å². The molecule has 0 aromatic heterocycles. The van der Waals surface area contributed by atoms with Gasteiger partial charge in [-0.2, -0.15) is 34.1 Å². The van der Waals surface area contributed by atoms with Crippen LogP contribution in [0.3, 0.4) is 0 Å². The first-order valence-electron chi connectivity index (χ1n) is 29.1. The molecule has 0 aliphatic heterocycles. The van der Waals surface area contributed by atoms with E-state index in [9.17, 15) is 58.6 Å². The fraction of sp³-hybridized carbons (Fsp3) is 0.484. The van der Waals surface area contributed by atoms with Crippen LogP contribution in [0.25, 0.3) is 0 Å². The van der Waals surface area contributed by atoms with Crippen LogP contribution in [0.15, 0.2) is 97.1 Å². The molecule has 0 spiro atoms. The van der Waals surface area contributed by atoms with Gasteiger partial charge < -0.3 is 37.9 Å². The number of nitro groups is 2. The largest absolute Gasteiger partial charge is 0.458 e. The van der Waals surface area contributed by atoms with Gasteiger partial charge >= 0.3 is 56.5 Å². The number of nitro benzene ring substituents is 2. The Labute approximate surface area is 545 Å². The number of nitrogens with zero attached hydrogens (tertiary/aromatic N) is 6. The Hall–Kier alpha value is -8.82. The standard InChI is InChI=1S/C62H80N6O24S2/c1-41(69)37-51(55(73)89-59(3,4)5)65(57(75)91-61(9,10)11)93(81,82)63(39-43-15-27-49(28-16-43)87-53(71)45-19-23-47(24-20-45)67(77)78)31-33-85-35-36-86-34-32-64(40-44-17-29-50(30-18-44)88-54(72)46-21-25-48(26-22-46)68(79)80)94(83,84)66(58(76)92-62(12,13)14)52(38-42(2)70)56(74)90-60(6,7)8/h15-30,51-52H,31-40H2,1-14H3/t51-,52-/m0/s1. The fourth-order valence-corrected chi connectivity index (χ4v) is 11.3. The minimum absolute atomic E-state index is 0.0222. The number of ether oxygens (including phenoxy) is 8. The number of benzene rings is 4. The van der Waals surface area contributed by atoms with Crippen molar-refractivity contribution in [2.75, 3.05) is 39.5 Å². The smallest absolute Gasteiger partial charge is 0.425 e. The van der Waals surface area contributed by atoms with Gasteiger partial charge in [-0.05, 0) is 157 Å². The van der Waals surface area contributed by atoms with Crippen molar-refractivity contribution in [1.29, 1.82) is 0 Å². The predicted molar refractivity (Wildman–Crippen MR) is 335 cm³/mol. The second-order valence-corrected chi connectivity index (χ2v) is 28.7. The van der Waals surface area contributed by atoms with Crippen LogP contribution in [-0.2, 0) is 81.1 Å². The van der Waals surface area contributed by atoms with Crippen LogP contribution in [0.5, 0.6) is 11.5 Å². The summed E-state index contributed by atoms with van der Waals surface area (Å²) in [5, 5.41) is 22.3. The summed E-state index contributed by atoms with van der Waals surface area (Å²) < 4.78 is 107. The molecule has 94 heavy (non-hydrogen) atoms. The van der Waals surface area contributed by atoms with Crippen LogP contribution in [0.4, 0.5) is 21.0 Å². The average Bonchev–Trinajstić information content (AvgIpc) is 0.784. The summed E-state index contributed by atoms with van der Waals surface area (Å²) in [5.41, 5.74) is -5.32. The molecule has 2 atom stereocenters. The summed E-state index contributed by atoms with van der Waals surface area (Å²) >= 11 is 0. The lowest BCUT2D eigenvalue weighted by Crippen LogP contribution is -2.56. The highest BCUT2D eigenvalue weighted by Gasteiger charge is 2.48. The minimum Gasteiger partial charge on any atom is -0.458 e. The molecule has 4 rings (SSSR count). The van der Waals surface area contributed by atoms with Crippen molar-refractivity contribution >= 4 is 79.4 Å². The Bertz CT molecular complexity index is 3360. The maximum Gasteiger partial charge on any atom is 0.425 e. The topological polar surface area (TPSA) is 378 Å². The third kappa shape index (κ3) is 24.9. The SMILES string of the molecule is CC(=O)C[C@@H](C(=O)OC(C)(C)C)N(C(=O)OC(C)(C)C)S(=O)(=O)N(CCOCCOCCN(Cc1ccc(OC(=O)c2ccc([N+](=O)[O-])cc2)cc1)S(=O)(=O)N(C(=O)OC(C)(C)C)[C@@H](CC(C)=O)C(=O)OC(C)(C)C)Cc1ccc(OC(=O)c2ccc([N+](=O)[O-])cc2)cc1. The first-order chi connectivity index (χ1) is 43.4. The van der Waals surface area contributed by atoms with Crippen LogP contribution in [0.1, 0.15) is 142 Å². The van der Waals surface area contributed by atoms with Gasteiger partial charge in [0.25, 0.3) is 11.4 Å². The average molecular weight is 1360 g/mol. The molecule has 0 aliphatic carbocycles. The molecule has 4 aromatic carbocycles. The quantitative estimate of drug-likeness (QED) is 0.0114. The number of Topliss-reactive ketones (excluding diaryl/α,β-unsaturated/α-hetero) is 2. The molecular weight excluding hydrogens is 1280 g/mol. The highest BCUT2D eigenvalue weighted by atomic mass is 32.2. The van der Waals surface area contributed by atoms with Crippen LogP contribution in [0, 0.1) is 20.2 Å². The van der Waals surface area contributed by atoms with Crippen molar-refractivity contribution in [2.45, 2.75) is 157 Å². The third-order valence-corrected chi connectivity index (χ3v) is 15.9. The van der Waals surface area contributed by atoms with Crippen LogP contribution >= 0.6 is 0 Å². The first-order valence-corrected chi connectivity index (χ1v) is 31.9. The molecule has 0 N–H and O–H groups in total. The van der Waals surface area contributed by atoms with Crippen LogP contribution in [-0.4, -0.2) is 166 Å². The number of amides is 2. The summed E-state index contributed by atoms with van der Waals surface area (Å²) in [6.07, 6.45) is -4.74. The number of carbonyl (C=O) groups is 8. The molecule has 2 amide bonds. The van der Waals surface area contributed by atoms with E-state index >= 15 is 16.8 Å². The Balaban J connectivity index is 1.68. The second-order valence-electron chi connectivity index (χ2n) is 25.0. The van der Waals surface area contributed by atoms with E-state index in [1.807, 2.05) is 0 Å². The molecule has 0 fully saturated rings. The van der Waals surface area contributed by atoms with Crippen molar-refractivity contribution in [3.05, 3.63) is 140 Å². The van der Waals surface area contributed by atoms with Gasteiger partial charge in [0, 0.05) is 63.3 Å². The van der Waals surface area contributed by atoms with Gasteiger partial charge in [0.1, 0.15) is 45.5 Å². The second kappa shape index (κ2) is 32.8. The fourth-order valence-electron chi connectivity index (χ4n) is 8.15. The maximum atomic E-state index is 15.1. The number of hydrogen-bond donors (Lipinski definition) is 0. The molecule has 0 aliphatic rings. The first kappa shape index (κ1) is 77.6. The Morgan fingerprint density at radius 3 is 0.979 bits per heavy atom. The van der Waals surface area contributed by atoms with Gasteiger partial charge in [0.05, 0.1) is 47.4 Å². The lowest BCUT2D eigenvalue weighted by molar-refractivity contribution is -0.385. The Kier molecular flexibility index (Phi) is 27.1. The third-order valence-electron chi connectivity index (χ3n) is 12.1. The highest BCUT2D eigenvalue weighted by Crippen LogP contribution is 2.29. The van der Waals surface area contributed by atoms with E-state index in [-0.39, 0.29) is 67.0 Å². The van der Waals surface area contributed by atoms with Crippen LogP contribution in [0.2, 0.25) is 0 Å². The molecule has 0 unspecified atom stereocenters. The summed E-state index contributed by atoms with van der Waals surface area (Å²) in [4.78, 5) is 129. The van der Waals surface area contributed by atoms with Gasteiger partial charge in [-0.25, -0.2) is 28.8 Å². The van der Waals surface area contributed by atoms with E-state index in [1.54, 1.807) is 0 Å².